The zero-order valence-electron chi connectivity index (χ0n) is 11.3. The molecule has 0 spiro atoms. The van der Waals surface area contributed by atoms with Gasteiger partial charge in [-0.3, -0.25) is 0 Å². The number of hydrogen-bond donors (Lipinski definition) is 1. The normalized spacial score (nSPS) is 11.2. The van der Waals surface area contributed by atoms with E-state index in [1.165, 1.54) is 12.1 Å². The number of ether oxygens (including phenoxy) is 1. The molecule has 21 heavy (non-hydrogen) atoms. The molecule has 0 radical (unpaired) electrons. The number of halogens is 3. The van der Waals surface area contributed by atoms with Crippen molar-refractivity contribution in [2.24, 2.45) is 0 Å². The number of anilines is 1. The van der Waals surface area contributed by atoms with E-state index in [1.54, 1.807) is 12.3 Å². The maximum Gasteiger partial charge on any atom is 0.416 e. The van der Waals surface area contributed by atoms with Gasteiger partial charge < -0.3 is 10.1 Å². The SMILES string of the molecule is CCOc1ccnc(NCc2ccc(C(F)(F)F)cc2)n1. The molecule has 1 aromatic carbocycles. The molecule has 7 heteroatoms. The van der Waals surface area contributed by atoms with Gasteiger partial charge in [0.2, 0.25) is 11.8 Å². The molecular weight excluding hydrogens is 283 g/mol. The summed E-state index contributed by atoms with van der Waals surface area (Å²) in [6.45, 7) is 2.67. The van der Waals surface area contributed by atoms with E-state index in [0.29, 0.717) is 30.5 Å². The molecule has 0 aliphatic rings. The Morgan fingerprint density at radius 1 is 1.14 bits per heavy atom. The van der Waals surface area contributed by atoms with Gasteiger partial charge in [-0.1, -0.05) is 12.1 Å². The second-order valence-electron chi connectivity index (χ2n) is 4.20. The molecule has 0 aliphatic carbocycles. The molecule has 0 unspecified atom stereocenters. The fraction of sp³-hybridized carbons (Fsp3) is 0.286. The third-order valence-corrected chi connectivity index (χ3v) is 2.65. The van der Waals surface area contributed by atoms with Crippen molar-refractivity contribution in [3.8, 4) is 5.88 Å². The van der Waals surface area contributed by atoms with Gasteiger partial charge in [0.05, 0.1) is 12.2 Å². The topological polar surface area (TPSA) is 47.0 Å². The third-order valence-electron chi connectivity index (χ3n) is 2.65. The van der Waals surface area contributed by atoms with Crippen molar-refractivity contribution in [1.29, 1.82) is 0 Å². The van der Waals surface area contributed by atoms with Gasteiger partial charge >= 0.3 is 6.18 Å². The number of benzene rings is 1. The first-order valence-corrected chi connectivity index (χ1v) is 6.35. The highest BCUT2D eigenvalue weighted by molar-refractivity contribution is 5.31. The molecule has 0 bridgehead atoms. The Labute approximate surface area is 120 Å². The number of rotatable bonds is 5. The molecule has 4 nitrogen and oxygen atoms in total. The van der Waals surface area contributed by atoms with Crippen LogP contribution in [0.15, 0.2) is 36.5 Å². The van der Waals surface area contributed by atoms with E-state index in [2.05, 4.69) is 15.3 Å². The summed E-state index contributed by atoms with van der Waals surface area (Å²) >= 11 is 0. The molecule has 0 amide bonds. The van der Waals surface area contributed by atoms with Crippen LogP contribution in [0, 0.1) is 0 Å². The van der Waals surface area contributed by atoms with Gasteiger partial charge in [-0.05, 0) is 24.6 Å². The summed E-state index contributed by atoms with van der Waals surface area (Å²) in [6, 6.07) is 6.57. The van der Waals surface area contributed by atoms with Crippen LogP contribution in [0.4, 0.5) is 19.1 Å². The first kappa shape index (κ1) is 15.1. The number of nitrogens with one attached hydrogen (secondary N) is 1. The van der Waals surface area contributed by atoms with E-state index in [-0.39, 0.29) is 0 Å². The Morgan fingerprint density at radius 3 is 2.48 bits per heavy atom. The Hall–Kier alpha value is -2.31. The highest BCUT2D eigenvalue weighted by atomic mass is 19.4. The molecular formula is C14H14F3N3O. The fourth-order valence-electron chi connectivity index (χ4n) is 1.65. The summed E-state index contributed by atoms with van der Waals surface area (Å²) in [5.74, 6) is 0.809. The standard InChI is InChI=1S/C14H14F3N3O/c1-2-21-12-7-8-18-13(20-12)19-9-10-3-5-11(6-4-10)14(15,16)17/h3-8H,2,9H2,1H3,(H,18,19,20). The summed E-state index contributed by atoms with van der Waals surface area (Å²) < 4.78 is 42.5. The van der Waals surface area contributed by atoms with Crippen molar-refractivity contribution in [1.82, 2.24) is 9.97 Å². The minimum atomic E-state index is -4.32. The highest BCUT2D eigenvalue weighted by Crippen LogP contribution is 2.29. The first-order chi connectivity index (χ1) is 9.99. The van der Waals surface area contributed by atoms with Crippen molar-refractivity contribution in [3.05, 3.63) is 47.7 Å². The Bertz CT molecular complexity index is 585. The Balaban J connectivity index is 1.98. The summed E-state index contributed by atoms with van der Waals surface area (Å²) in [4.78, 5) is 8.12. The molecule has 0 saturated carbocycles. The van der Waals surface area contributed by atoms with Gasteiger partial charge in [-0.25, -0.2) is 4.98 Å². The van der Waals surface area contributed by atoms with Gasteiger partial charge in [-0.15, -0.1) is 0 Å². The smallest absolute Gasteiger partial charge is 0.416 e. The Morgan fingerprint density at radius 2 is 1.86 bits per heavy atom. The Kier molecular flexibility index (Phi) is 4.62. The van der Waals surface area contributed by atoms with Crippen LogP contribution in [0.2, 0.25) is 0 Å². The lowest BCUT2D eigenvalue weighted by Gasteiger charge is -2.09. The number of alkyl halides is 3. The molecule has 0 saturated heterocycles. The van der Waals surface area contributed by atoms with Gasteiger partial charge in [0.15, 0.2) is 0 Å². The molecule has 1 aromatic heterocycles. The molecule has 0 fully saturated rings. The van der Waals surface area contributed by atoms with E-state index < -0.39 is 11.7 Å². The summed E-state index contributed by atoms with van der Waals surface area (Å²) in [6.07, 6.45) is -2.77. The van der Waals surface area contributed by atoms with Crippen molar-refractivity contribution >= 4 is 5.95 Å². The molecule has 2 aromatic rings. The van der Waals surface area contributed by atoms with E-state index in [1.807, 2.05) is 6.92 Å². The maximum absolute atomic E-state index is 12.4. The summed E-state index contributed by atoms with van der Waals surface area (Å²) in [5.41, 5.74) is 0.0363. The summed E-state index contributed by atoms with van der Waals surface area (Å²) in [5, 5.41) is 2.93. The van der Waals surface area contributed by atoms with Gasteiger partial charge in [-0.2, -0.15) is 18.2 Å². The van der Waals surface area contributed by atoms with Crippen LogP contribution in [0.5, 0.6) is 5.88 Å². The van der Waals surface area contributed by atoms with E-state index in [9.17, 15) is 13.2 Å². The van der Waals surface area contributed by atoms with Crippen molar-refractivity contribution in [3.63, 3.8) is 0 Å². The predicted octanol–water partition coefficient (Wildman–Crippen LogP) is 3.51. The quantitative estimate of drug-likeness (QED) is 0.917. The van der Waals surface area contributed by atoms with E-state index >= 15 is 0 Å². The lowest BCUT2D eigenvalue weighted by molar-refractivity contribution is -0.137. The van der Waals surface area contributed by atoms with Crippen LogP contribution < -0.4 is 10.1 Å². The van der Waals surface area contributed by atoms with Crippen LogP contribution in [-0.4, -0.2) is 16.6 Å². The third kappa shape index (κ3) is 4.34. The maximum atomic E-state index is 12.4. The minimum Gasteiger partial charge on any atom is -0.478 e. The lowest BCUT2D eigenvalue weighted by atomic mass is 10.1. The van der Waals surface area contributed by atoms with Crippen LogP contribution in [0.1, 0.15) is 18.1 Å². The summed E-state index contributed by atoms with van der Waals surface area (Å²) in [7, 11) is 0. The average Bonchev–Trinajstić information content (AvgIpc) is 2.45. The van der Waals surface area contributed by atoms with Crippen molar-refractivity contribution < 1.29 is 17.9 Å². The monoisotopic (exact) mass is 297 g/mol. The minimum absolute atomic E-state index is 0.327. The molecule has 2 rings (SSSR count). The van der Waals surface area contributed by atoms with E-state index in [0.717, 1.165) is 12.1 Å². The highest BCUT2D eigenvalue weighted by Gasteiger charge is 2.29. The fourth-order valence-corrected chi connectivity index (χ4v) is 1.65. The van der Waals surface area contributed by atoms with Crippen molar-refractivity contribution in [2.45, 2.75) is 19.6 Å². The number of hydrogen-bond acceptors (Lipinski definition) is 4. The second-order valence-corrected chi connectivity index (χ2v) is 4.20. The largest absolute Gasteiger partial charge is 0.478 e. The van der Waals surface area contributed by atoms with E-state index in [4.69, 9.17) is 4.74 Å². The average molecular weight is 297 g/mol. The van der Waals surface area contributed by atoms with Crippen LogP contribution in [0.25, 0.3) is 0 Å². The lowest BCUT2D eigenvalue weighted by Crippen LogP contribution is -2.07. The van der Waals surface area contributed by atoms with Crippen LogP contribution in [0.3, 0.4) is 0 Å². The van der Waals surface area contributed by atoms with Crippen LogP contribution in [-0.2, 0) is 12.7 Å². The number of nitrogens with zero attached hydrogens (tertiary/aromatic N) is 2. The second kappa shape index (κ2) is 6.43. The van der Waals surface area contributed by atoms with Gasteiger partial charge in [0.1, 0.15) is 0 Å². The molecule has 0 atom stereocenters. The van der Waals surface area contributed by atoms with Crippen LogP contribution >= 0.6 is 0 Å². The number of aromatic nitrogens is 2. The first-order valence-electron chi connectivity index (χ1n) is 6.35. The van der Waals surface area contributed by atoms with Gasteiger partial charge in [0, 0.05) is 18.8 Å². The molecule has 1 N–H and O–H groups in total. The predicted molar refractivity (Wildman–Crippen MR) is 72.0 cm³/mol. The molecule has 0 aliphatic heterocycles. The zero-order valence-corrected chi connectivity index (χ0v) is 11.3. The van der Waals surface area contributed by atoms with Gasteiger partial charge in [0.25, 0.3) is 0 Å². The molecule has 1 heterocycles. The zero-order chi connectivity index (χ0) is 15.3. The molecule has 112 valence electrons. The van der Waals surface area contributed by atoms with Crippen molar-refractivity contribution in [2.75, 3.05) is 11.9 Å².